The quantitative estimate of drug-likeness (QED) is 0.744. The number of aromatic nitrogens is 2. The maximum Gasteiger partial charge on any atom is 0.244 e. The number of likely N-dealkylation sites (tertiary alicyclic amines) is 1. The van der Waals surface area contributed by atoms with E-state index in [0.717, 1.165) is 11.1 Å². The highest BCUT2D eigenvalue weighted by Crippen LogP contribution is 2.32. The van der Waals surface area contributed by atoms with E-state index in [0.29, 0.717) is 42.7 Å². The Morgan fingerprint density at radius 2 is 1.85 bits per heavy atom. The topological polar surface area (TPSA) is 62.4 Å². The average Bonchev–Trinajstić information content (AvgIpc) is 3.24. The van der Waals surface area contributed by atoms with Gasteiger partial charge < -0.3 is 9.63 Å². The van der Waals surface area contributed by atoms with Crippen LogP contribution < -0.4 is 0 Å². The number of nitrogens with zero attached hydrogens (tertiary/aromatic N) is 3. The zero-order valence-corrected chi connectivity index (χ0v) is 15.0. The first-order valence-electron chi connectivity index (χ1n) is 8.70. The number of aliphatic hydroxyl groups is 1. The molecule has 1 fully saturated rings. The van der Waals surface area contributed by atoms with Crippen LogP contribution in [0.15, 0.2) is 59.1 Å². The van der Waals surface area contributed by atoms with Crippen molar-refractivity contribution >= 4 is 11.6 Å². The lowest BCUT2D eigenvalue weighted by atomic mass is 10.1. The van der Waals surface area contributed by atoms with Gasteiger partial charge in [-0.2, -0.15) is 4.98 Å². The van der Waals surface area contributed by atoms with Crippen LogP contribution in [-0.4, -0.2) is 32.8 Å². The third-order valence-electron chi connectivity index (χ3n) is 4.65. The molecule has 1 aromatic heterocycles. The van der Waals surface area contributed by atoms with Crippen LogP contribution >= 0.6 is 11.6 Å². The molecule has 0 spiro atoms. The fourth-order valence-corrected chi connectivity index (χ4v) is 3.51. The van der Waals surface area contributed by atoms with E-state index in [-0.39, 0.29) is 6.04 Å². The number of β-amino-alcohol motifs (C(OH)–C–C–N with tert-alkyl or cyclic N) is 1. The van der Waals surface area contributed by atoms with E-state index in [1.54, 1.807) is 0 Å². The summed E-state index contributed by atoms with van der Waals surface area (Å²) in [6.07, 6.45) is 0.842. The molecule has 26 heavy (non-hydrogen) atoms. The second-order valence-corrected chi connectivity index (χ2v) is 7.11. The molecule has 2 atom stereocenters. The largest absolute Gasteiger partial charge is 0.392 e. The average molecular weight is 370 g/mol. The molecule has 0 amide bonds. The predicted octanol–water partition coefficient (Wildman–Crippen LogP) is 3.62. The number of hydrogen-bond acceptors (Lipinski definition) is 5. The molecule has 1 aliphatic rings. The Morgan fingerprint density at radius 3 is 2.62 bits per heavy atom. The summed E-state index contributed by atoms with van der Waals surface area (Å²) in [5, 5.41) is 15.0. The number of hydrogen-bond donors (Lipinski definition) is 1. The smallest absolute Gasteiger partial charge is 0.244 e. The molecule has 1 N–H and O–H groups in total. The molecule has 0 saturated carbocycles. The lowest BCUT2D eigenvalue weighted by molar-refractivity contribution is 0.169. The van der Waals surface area contributed by atoms with Crippen LogP contribution in [0.3, 0.4) is 0 Å². The highest BCUT2D eigenvalue weighted by molar-refractivity contribution is 6.30. The van der Waals surface area contributed by atoms with E-state index in [4.69, 9.17) is 16.1 Å². The molecule has 6 heteroatoms. The zero-order chi connectivity index (χ0) is 17.9. The van der Waals surface area contributed by atoms with Gasteiger partial charge in [-0.3, -0.25) is 4.90 Å². The molecule has 4 rings (SSSR count). The van der Waals surface area contributed by atoms with E-state index < -0.39 is 6.10 Å². The Morgan fingerprint density at radius 1 is 1.08 bits per heavy atom. The SMILES string of the molecule is O[C@@H]1C[C@@H](c2nc(Cc3ccccc3)no2)N(Cc2ccc(Cl)cc2)C1. The van der Waals surface area contributed by atoms with E-state index in [1.807, 2.05) is 54.6 Å². The van der Waals surface area contributed by atoms with Gasteiger partial charge in [0, 0.05) is 24.5 Å². The molecule has 3 aromatic rings. The zero-order valence-electron chi connectivity index (χ0n) is 14.3. The predicted molar refractivity (Wildman–Crippen MR) is 98.8 cm³/mol. The van der Waals surface area contributed by atoms with Crippen molar-refractivity contribution in [3.05, 3.63) is 82.5 Å². The van der Waals surface area contributed by atoms with Crippen molar-refractivity contribution in [3.8, 4) is 0 Å². The molecule has 1 saturated heterocycles. The van der Waals surface area contributed by atoms with Gasteiger partial charge in [-0.25, -0.2) is 0 Å². The summed E-state index contributed by atoms with van der Waals surface area (Å²) in [6, 6.07) is 17.8. The minimum absolute atomic E-state index is 0.0716. The van der Waals surface area contributed by atoms with Crippen molar-refractivity contribution < 1.29 is 9.63 Å². The van der Waals surface area contributed by atoms with Gasteiger partial charge in [0.15, 0.2) is 5.82 Å². The maximum absolute atomic E-state index is 10.1. The van der Waals surface area contributed by atoms with Crippen LogP contribution in [0, 0.1) is 0 Å². The van der Waals surface area contributed by atoms with E-state index in [2.05, 4.69) is 15.0 Å². The standard InChI is InChI=1S/C20H20ClN3O2/c21-16-8-6-15(7-9-16)12-24-13-17(25)11-18(24)20-22-19(23-26-20)10-14-4-2-1-3-5-14/h1-9,17-18,25H,10-13H2/t17-,18+/m1/s1. The van der Waals surface area contributed by atoms with Crippen molar-refractivity contribution in [1.29, 1.82) is 0 Å². The van der Waals surface area contributed by atoms with Crippen LogP contribution in [0.1, 0.15) is 35.3 Å². The molecule has 0 aliphatic carbocycles. The number of aliphatic hydroxyl groups excluding tert-OH is 1. The first kappa shape index (κ1) is 17.2. The van der Waals surface area contributed by atoms with Crippen LogP contribution in [0.5, 0.6) is 0 Å². The van der Waals surface area contributed by atoms with Crippen LogP contribution in [0.2, 0.25) is 5.02 Å². The highest BCUT2D eigenvalue weighted by atomic mass is 35.5. The molecular weight excluding hydrogens is 350 g/mol. The van der Waals surface area contributed by atoms with Gasteiger partial charge in [-0.1, -0.05) is 59.2 Å². The normalized spacial score (nSPS) is 20.5. The maximum atomic E-state index is 10.1. The molecule has 5 nitrogen and oxygen atoms in total. The van der Waals surface area contributed by atoms with Gasteiger partial charge in [0.1, 0.15) is 0 Å². The summed E-state index contributed by atoms with van der Waals surface area (Å²) in [4.78, 5) is 6.75. The van der Waals surface area contributed by atoms with Gasteiger partial charge in [-0.05, 0) is 29.7 Å². The van der Waals surface area contributed by atoms with Crippen molar-refractivity contribution in [2.75, 3.05) is 6.54 Å². The second kappa shape index (κ2) is 7.58. The van der Waals surface area contributed by atoms with Gasteiger partial charge in [0.25, 0.3) is 0 Å². The number of rotatable bonds is 5. The first-order chi connectivity index (χ1) is 12.7. The molecule has 2 heterocycles. The van der Waals surface area contributed by atoms with E-state index in [9.17, 15) is 5.11 Å². The molecule has 0 bridgehead atoms. The summed E-state index contributed by atoms with van der Waals surface area (Å²) < 4.78 is 5.52. The molecule has 0 unspecified atom stereocenters. The lowest BCUT2D eigenvalue weighted by Gasteiger charge is -2.21. The lowest BCUT2D eigenvalue weighted by Crippen LogP contribution is -2.24. The number of halogens is 1. The van der Waals surface area contributed by atoms with Crippen molar-refractivity contribution in [2.24, 2.45) is 0 Å². The van der Waals surface area contributed by atoms with Crippen molar-refractivity contribution in [1.82, 2.24) is 15.0 Å². The Labute approximate surface area is 157 Å². The minimum Gasteiger partial charge on any atom is -0.392 e. The van der Waals surface area contributed by atoms with Crippen LogP contribution in [0.4, 0.5) is 0 Å². The van der Waals surface area contributed by atoms with Gasteiger partial charge >= 0.3 is 0 Å². The summed E-state index contributed by atoms with van der Waals surface area (Å²) in [6.45, 7) is 1.29. The minimum atomic E-state index is -0.392. The van der Waals surface area contributed by atoms with Crippen molar-refractivity contribution in [2.45, 2.75) is 31.5 Å². The van der Waals surface area contributed by atoms with Gasteiger partial charge in [-0.15, -0.1) is 0 Å². The third kappa shape index (κ3) is 3.96. The summed E-state index contributed by atoms with van der Waals surface area (Å²) in [5.41, 5.74) is 2.28. The third-order valence-corrected chi connectivity index (χ3v) is 4.91. The Hall–Kier alpha value is -2.21. The Balaban J connectivity index is 1.49. The summed E-state index contributed by atoms with van der Waals surface area (Å²) in [7, 11) is 0. The van der Waals surface area contributed by atoms with Gasteiger partial charge in [0.05, 0.1) is 12.1 Å². The van der Waals surface area contributed by atoms with E-state index in [1.165, 1.54) is 0 Å². The molecule has 2 aromatic carbocycles. The highest BCUT2D eigenvalue weighted by Gasteiger charge is 2.35. The summed E-state index contributed by atoms with van der Waals surface area (Å²) >= 11 is 5.96. The van der Waals surface area contributed by atoms with Crippen LogP contribution in [0.25, 0.3) is 0 Å². The molecule has 0 radical (unpaired) electrons. The van der Waals surface area contributed by atoms with Gasteiger partial charge in [0.2, 0.25) is 5.89 Å². The fourth-order valence-electron chi connectivity index (χ4n) is 3.39. The summed E-state index contributed by atoms with van der Waals surface area (Å²) in [5.74, 6) is 1.24. The van der Waals surface area contributed by atoms with E-state index >= 15 is 0 Å². The molecular formula is C20H20ClN3O2. The Kier molecular flexibility index (Phi) is 5.02. The first-order valence-corrected chi connectivity index (χ1v) is 9.08. The molecule has 134 valence electrons. The fraction of sp³-hybridized carbons (Fsp3) is 0.300. The molecule has 1 aliphatic heterocycles. The van der Waals surface area contributed by atoms with Crippen molar-refractivity contribution in [3.63, 3.8) is 0 Å². The Bertz CT molecular complexity index is 851. The van der Waals surface area contributed by atoms with Crippen LogP contribution in [-0.2, 0) is 13.0 Å². The second-order valence-electron chi connectivity index (χ2n) is 6.67. The monoisotopic (exact) mass is 369 g/mol. The number of benzene rings is 2.